The van der Waals surface area contributed by atoms with Crippen LogP contribution in [0.4, 0.5) is 4.79 Å². The van der Waals surface area contributed by atoms with E-state index in [0.717, 1.165) is 40.9 Å². The maximum atomic E-state index is 14.0. The number of ether oxygens (including phenoxy) is 1. The van der Waals surface area contributed by atoms with Gasteiger partial charge in [0.1, 0.15) is 24.2 Å². The van der Waals surface area contributed by atoms with Gasteiger partial charge in [-0.3, -0.25) is 19.2 Å². The number of hydrogen-bond donors (Lipinski definition) is 5. The molecule has 0 aromatic heterocycles. The Balaban J connectivity index is 1.18. The lowest BCUT2D eigenvalue weighted by Gasteiger charge is -2.35. The van der Waals surface area contributed by atoms with Crippen LogP contribution in [-0.2, 0) is 36.8 Å². The third kappa shape index (κ3) is 12.8. The first-order valence-corrected chi connectivity index (χ1v) is 21.2. The third-order valence-electron chi connectivity index (χ3n) is 11.1. The summed E-state index contributed by atoms with van der Waals surface area (Å²) >= 11 is 0. The number of fused-ring (bicyclic) bond motifs is 1. The van der Waals surface area contributed by atoms with E-state index >= 15 is 0 Å². The van der Waals surface area contributed by atoms with Gasteiger partial charge in [0.25, 0.3) is 5.91 Å². The van der Waals surface area contributed by atoms with Gasteiger partial charge in [-0.2, -0.15) is 0 Å². The molecule has 14 heteroatoms. The second-order valence-electron chi connectivity index (χ2n) is 18.3. The average molecular weight is 851 g/mol. The summed E-state index contributed by atoms with van der Waals surface area (Å²) in [6.07, 6.45) is 6.16. The first kappa shape index (κ1) is 47.0. The number of carboxylic acids is 1. The van der Waals surface area contributed by atoms with Gasteiger partial charge in [0.15, 0.2) is 0 Å². The lowest BCUT2D eigenvalue weighted by molar-refractivity contribution is -0.142. The van der Waals surface area contributed by atoms with E-state index in [1.165, 1.54) is 12.6 Å². The van der Waals surface area contributed by atoms with Crippen LogP contribution in [0.25, 0.3) is 12.2 Å². The van der Waals surface area contributed by atoms with E-state index in [2.05, 4.69) is 33.4 Å². The fourth-order valence-corrected chi connectivity index (χ4v) is 7.96. The molecule has 5 rings (SSSR count). The predicted molar refractivity (Wildman–Crippen MR) is 238 cm³/mol. The molecule has 0 spiro atoms. The van der Waals surface area contributed by atoms with E-state index in [1.54, 1.807) is 57.0 Å². The summed E-state index contributed by atoms with van der Waals surface area (Å²) in [6.45, 7) is 10.9. The molecule has 332 valence electrons. The smallest absolute Gasteiger partial charge is 0.410 e. The fraction of sp³-hybridized carbons (Fsp3) is 0.458. The van der Waals surface area contributed by atoms with E-state index in [0.29, 0.717) is 11.1 Å². The summed E-state index contributed by atoms with van der Waals surface area (Å²) in [7, 11) is 3.15. The van der Waals surface area contributed by atoms with Crippen molar-refractivity contribution in [3.63, 3.8) is 0 Å². The minimum atomic E-state index is -1.20. The summed E-state index contributed by atoms with van der Waals surface area (Å²) < 4.78 is 5.25. The van der Waals surface area contributed by atoms with Crippen molar-refractivity contribution in [3.05, 3.63) is 106 Å². The van der Waals surface area contributed by atoms with Crippen molar-refractivity contribution in [2.24, 2.45) is 5.41 Å². The van der Waals surface area contributed by atoms with Crippen molar-refractivity contribution in [1.29, 1.82) is 0 Å². The maximum Gasteiger partial charge on any atom is 0.410 e. The Kier molecular flexibility index (Phi) is 15.4. The maximum absolute atomic E-state index is 14.0. The topological polar surface area (TPSA) is 186 Å². The Labute approximate surface area is 364 Å². The SMILES string of the molecule is CNC(C(=O)N1C[C@@H](NC(=O)c2ccc(/C=C/c3ccc(CC(NC(=O)CN(C)C(=O)OC(C)(C)C)C(=O)O)cc3)cc2)CC1C(=O)NC1CCCc2ccccc21)C(C)(C)C. The van der Waals surface area contributed by atoms with Crippen LogP contribution in [0.15, 0.2) is 72.8 Å². The quantitative estimate of drug-likeness (QED) is 0.133. The number of hydrogen-bond acceptors (Lipinski definition) is 8. The third-order valence-corrected chi connectivity index (χ3v) is 11.1. The van der Waals surface area contributed by atoms with Crippen molar-refractivity contribution < 1.29 is 38.6 Å². The van der Waals surface area contributed by atoms with Crippen molar-refractivity contribution in [1.82, 2.24) is 31.1 Å². The summed E-state index contributed by atoms with van der Waals surface area (Å²) in [5.74, 6) is -2.53. The number of aliphatic carboxylic acids is 1. The summed E-state index contributed by atoms with van der Waals surface area (Å²) in [6, 6.07) is 19.4. The van der Waals surface area contributed by atoms with Gasteiger partial charge in [-0.1, -0.05) is 93.6 Å². The highest BCUT2D eigenvalue weighted by Crippen LogP contribution is 2.31. The Hall–Kier alpha value is -6.02. The monoisotopic (exact) mass is 850 g/mol. The number of nitrogens with one attached hydrogen (secondary N) is 4. The average Bonchev–Trinajstić information content (AvgIpc) is 3.63. The summed E-state index contributed by atoms with van der Waals surface area (Å²) in [4.78, 5) is 81.0. The molecule has 3 aromatic carbocycles. The molecule has 1 aliphatic carbocycles. The highest BCUT2D eigenvalue weighted by Gasteiger charge is 2.45. The highest BCUT2D eigenvalue weighted by atomic mass is 16.6. The second-order valence-corrected chi connectivity index (χ2v) is 18.3. The lowest BCUT2D eigenvalue weighted by Crippen LogP contribution is -2.56. The molecule has 1 heterocycles. The Morgan fingerprint density at radius 2 is 1.52 bits per heavy atom. The molecule has 14 nitrogen and oxygen atoms in total. The normalized spacial score (nSPS) is 18.6. The molecule has 5 amide bonds. The number of aryl methyl sites for hydroxylation is 1. The standard InChI is InChI=1S/C48H62N6O8/c1-47(2,3)41(49-7)44(58)54-28-35(27-39(54)43(57)52-37-15-11-13-33-12-9-10-14-36(33)37)50-42(56)34-24-22-31(23-25-34)17-16-30-18-20-32(21-19-30)26-38(45(59)60)51-40(55)29-53(8)46(61)62-48(4,5)6/h9-10,12,14,16-25,35,37-39,41,49H,11,13,15,26-29H2,1-8H3,(H,50,56)(H,51,55)(H,52,57)(H,59,60)/b17-16+/t35-,37?,38?,39?,41?/m0/s1. The van der Waals surface area contributed by atoms with E-state index < -0.39 is 53.2 Å². The summed E-state index contributed by atoms with van der Waals surface area (Å²) in [5.41, 5.74) is 4.02. The van der Waals surface area contributed by atoms with Gasteiger partial charge in [0.2, 0.25) is 17.7 Å². The molecule has 0 bridgehead atoms. The van der Waals surface area contributed by atoms with Crippen LogP contribution in [0, 0.1) is 5.41 Å². The Morgan fingerprint density at radius 3 is 2.11 bits per heavy atom. The van der Waals surface area contributed by atoms with Gasteiger partial charge in [-0.25, -0.2) is 9.59 Å². The molecule has 5 N–H and O–H groups in total. The minimum Gasteiger partial charge on any atom is -0.480 e. The number of carboxylic acid groups (broad SMARTS) is 1. The highest BCUT2D eigenvalue weighted by molar-refractivity contribution is 5.95. The molecular formula is C48H62N6O8. The van der Waals surface area contributed by atoms with E-state index in [9.17, 15) is 33.9 Å². The van der Waals surface area contributed by atoms with Crippen molar-refractivity contribution in [2.45, 2.75) is 109 Å². The minimum absolute atomic E-state index is 0.0384. The van der Waals surface area contributed by atoms with Crippen molar-refractivity contribution >= 4 is 47.8 Å². The lowest BCUT2D eigenvalue weighted by atomic mass is 9.85. The van der Waals surface area contributed by atoms with Gasteiger partial charge in [-0.05, 0) is 98.9 Å². The molecule has 2 aliphatic rings. The molecular weight excluding hydrogens is 789 g/mol. The van der Waals surface area contributed by atoms with E-state index in [-0.39, 0.29) is 49.7 Å². The van der Waals surface area contributed by atoms with Crippen LogP contribution in [0.5, 0.6) is 0 Å². The number of likely N-dealkylation sites (N-methyl/N-ethyl adjacent to an activating group) is 2. The Bertz CT molecular complexity index is 2120. The predicted octanol–water partition coefficient (Wildman–Crippen LogP) is 5.36. The number of likely N-dealkylation sites (tertiary alicyclic amines) is 1. The van der Waals surface area contributed by atoms with Crippen LogP contribution < -0.4 is 21.3 Å². The molecule has 1 aliphatic heterocycles. The van der Waals surface area contributed by atoms with Crippen LogP contribution in [-0.4, -0.2) is 108 Å². The Morgan fingerprint density at radius 1 is 0.887 bits per heavy atom. The molecule has 0 radical (unpaired) electrons. The first-order chi connectivity index (χ1) is 29.2. The van der Waals surface area contributed by atoms with Gasteiger partial charge in [0.05, 0.1) is 12.1 Å². The van der Waals surface area contributed by atoms with Crippen molar-refractivity contribution in [2.75, 3.05) is 27.2 Å². The van der Waals surface area contributed by atoms with Crippen LogP contribution in [0.2, 0.25) is 0 Å². The van der Waals surface area contributed by atoms with Gasteiger partial charge < -0.3 is 40.9 Å². The van der Waals surface area contributed by atoms with E-state index in [4.69, 9.17) is 4.74 Å². The molecule has 5 atom stereocenters. The van der Waals surface area contributed by atoms with Crippen molar-refractivity contribution in [3.8, 4) is 0 Å². The number of rotatable bonds is 14. The molecule has 1 fully saturated rings. The number of nitrogens with zero attached hydrogens (tertiary/aromatic N) is 2. The zero-order valence-electron chi connectivity index (χ0n) is 37.1. The molecule has 0 saturated carbocycles. The number of benzene rings is 3. The number of carbonyl (C=O) groups excluding carboxylic acids is 5. The number of amides is 5. The van der Waals surface area contributed by atoms with Gasteiger partial charge >= 0.3 is 12.1 Å². The molecule has 62 heavy (non-hydrogen) atoms. The van der Waals surface area contributed by atoms with Gasteiger partial charge in [0, 0.05) is 31.6 Å². The zero-order valence-corrected chi connectivity index (χ0v) is 37.1. The van der Waals surface area contributed by atoms with Crippen LogP contribution in [0.1, 0.15) is 105 Å². The fourth-order valence-electron chi connectivity index (χ4n) is 7.96. The number of carbonyl (C=O) groups is 6. The van der Waals surface area contributed by atoms with Crippen LogP contribution in [0.3, 0.4) is 0 Å². The molecule has 4 unspecified atom stereocenters. The second kappa shape index (κ2) is 20.2. The van der Waals surface area contributed by atoms with Crippen LogP contribution >= 0.6 is 0 Å². The van der Waals surface area contributed by atoms with Gasteiger partial charge in [-0.15, -0.1) is 0 Å². The molecule has 1 saturated heterocycles. The zero-order chi connectivity index (χ0) is 45.4. The largest absolute Gasteiger partial charge is 0.480 e. The molecule has 3 aromatic rings. The van der Waals surface area contributed by atoms with E-state index in [1.807, 2.05) is 69.3 Å². The summed E-state index contributed by atoms with van der Waals surface area (Å²) in [5, 5.41) is 21.7. The first-order valence-electron chi connectivity index (χ1n) is 21.2.